The third-order valence-corrected chi connectivity index (χ3v) is 3.44. The van der Waals surface area contributed by atoms with Crippen LogP contribution >= 0.6 is 12.4 Å². The van der Waals surface area contributed by atoms with E-state index in [2.05, 4.69) is 15.2 Å². The molecule has 1 saturated heterocycles. The molecule has 0 aliphatic carbocycles. The van der Waals surface area contributed by atoms with E-state index in [4.69, 9.17) is 5.73 Å². The van der Waals surface area contributed by atoms with Crippen LogP contribution in [0, 0.1) is 0 Å². The summed E-state index contributed by atoms with van der Waals surface area (Å²) in [6, 6.07) is 5.67. The Bertz CT molecular complexity index is 415. The van der Waals surface area contributed by atoms with Gasteiger partial charge in [-0.25, -0.2) is 4.98 Å². The number of nitrogens with two attached hydrogens (primary N) is 1. The van der Waals surface area contributed by atoms with Gasteiger partial charge in [0, 0.05) is 25.3 Å². The van der Waals surface area contributed by atoms with E-state index in [1.165, 1.54) is 0 Å². The topological polar surface area (TPSA) is 71.2 Å². The first-order valence-corrected chi connectivity index (χ1v) is 6.92. The van der Waals surface area contributed by atoms with Gasteiger partial charge in [-0.1, -0.05) is 19.4 Å². The molecule has 3 N–H and O–H groups in total. The van der Waals surface area contributed by atoms with Crippen molar-refractivity contribution in [1.82, 2.24) is 10.3 Å². The van der Waals surface area contributed by atoms with Crippen LogP contribution in [-0.2, 0) is 4.79 Å². The number of rotatable bonds is 5. The number of aromatic nitrogens is 1. The Morgan fingerprint density at radius 1 is 1.60 bits per heavy atom. The number of carbonyl (C=O) groups is 1. The van der Waals surface area contributed by atoms with E-state index in [1.54, 1.807) is 6.20 Å². The lowest BCUT2D eigenvalue weighted by atomic mass is 10.1. The van der Waals surface area contributed by atoms with Crippen LogP contribution in [0.25, 0.3) is 0 Å². The zero-order valence-electron chi connectivity index (χ0n) is 11.8. The monoisotopic (exact) mass is 298 g/mol. The van der Waals surface area contributed by atoms with Crippen molar-refractivity contribution in [2.45, 2.75) is 38.3 Å². The molecule has 1 aliphatic heterocycles. The molecule has 2 atom stereocenters. The second-order valence-corrected chi connectivity index (χ2v) is 5.02. The number of hydrogen-bond acceptors (Lipinski definition) is 4. The van der Waals surface area contributed by atoms with E-state index in [0.29, 0.717) is 0 Å². The summed E-state index contributed by atoms with van der Waals surface area (Å²) in [6.07, 6.45) is 4.40. The highest BCUT2D eigenvalue weighted by Gasteiger charge is 2.25. The number of hydrogen-bond donors (Lipinski definition) is 2. The van der Waals surface area contributed by atoms with Crippen molar-refractivity contribution in [2.24, 2.45) is 5.73 Å². The summed E-state index contributed by atoms with van der Waals surface area (Å²) in [5.74, 6) is 0.937. The predicted molar refractivity (Wildman–Crippen MR) is 83.1 cm³/mol. The van der Waals surface area contributed by atoms with Gasteiger partial charge in [0.15, 0.2) is 0 Å². The zero-order valence-corrected chi connectivity index (χ0v) is 12.6. The minimum atomic E-state index is -0.381. The fourth-order valence-electron chi connectivity index (χ4n) is 2.38. The second kappa shape index (κ2) is 8.07. The SMILES string of the molecule is CCCC(N)C(=O)NC1CCN(c2ccccn2)C1.Cl. The fourth-order valence-corrected chi connectivity index (χ4v) is 2.38. The van der Waals surface area contributed by atoms with Crippen molar-refractivity contribution in [3.8, 4) is 0 Å². The largest absolute Gasteiger partial charge is 0.354 e. The first-order valence-electron chi connectivity index (χ1n) is 6.92. The molecule has 5 nitrogen and oxygen atoms in total. The third-order valence-electron chi connectivity index (χ3n) is 3.44. The molecular formula is C14H23ClN4O. The van der Waals surface area contributed by atoms with Gasteiger partial charge in [0.1, 0.15) is 5.82 Å². The van der Waals surface area contributed by atoms with Gasteiger partial charge in [0.05, 0.1) is 6.04 Å². The molecule has 1 aromatic heterocycles. The van der Waals surface area contributed by atoms with Gasteiger partial charge in [0.25, 0.3) is 0 Å². The Labute approximate surface area is 126 Å². The lowest BCUT2D eigenvalue weighted by molar-refractivity contribution is -0.123. The summed E-state index contributed by atoms with van der Waals surface area (Å²) in [7, 11) is 0. The van der Waals surface area contributed by atoms with Gasteiger partial charge in [-0.3, -0.25) is 4.79 Å². The molecule has 0 saturated carbocycles. The predicted octanol–water partition coefficient (Wildman–Crippen LogP) is 1.33. The van der Waals surface area contributed by atoms with Crippen LogP contribution in [0.1, 0.15) is 26.2 Å². The third kappa shape index (κ3) is 4.35. The molecule has 0 bridgehead atoms. The summed E-state index contributed by atoms with van der Waals surface area (Å²) in [5.41, 5.74) is 5.81. The summed E-state index contributed by atoms with van der Waals surface area (Å²) in [6.45, 7) is 3.76. The van der Waals surface area contributed by atoms with Crippen molar-refractivity contribution >= 4 is 24.1 Å². The molecular weight excluding hydrogens is 276 g/mol. The lowest BCUT2D eigenvalue weighted by Gasteiger charge is -2.19. The minimum absolute atomic E-state index is 0. The quantitative estimate of drug-likeness (QED) is 0.860. The molecule has 112 valence electrons. The highest BCUT2D eigenvalue weighted by Crippen LogP contribution is 2.17. The van der Waals surface area contributed by atoms with E-state index in [9.17, 15) is 4.79 Å². The van der Waals surface area contributed by atoms with E-state index in [0.717, 1.165) is 38.2 Å². The van der Waals surface area contributed by atoms with Gasteiger partial charge < -0.3 is 16.0 Å². The molecule has 20 heavy (non-hydrogen) atoms. The molecule has 1 aromatic rings. The van der Waals surface area contributed by atoms with Gasteiger partial charge in [-0.15, -0.1) is 12.4 Å². The first-order chi connectivity index (χ1) is 9.20. The fraction of sp³-hybridized carbons (Fsp3) is 0.571. The number of amides is 1. The van der Waals surface area contributed by atoms with E-state index in [-0.39, 0.29) is 30.4 Å². The van der Waals surface area contributed by atoms with Crippen LogP contribution in [0.5, 0.6) is 0 Å². The number of halogens is 1. The van der Waals surface area contributed by atoms with Crippen molar-refractivity contribution in [3.05, 3.63) is 24.4 Å². The first kappa shape index (κ1) is 16.7. The Balaban J connectivity index is 0.00000200. The second-order valence-electron chi connectivity index (χ2n) is 5.02. The molecule has 2 rings (SSSR count). The van der Waals surface area contributed by atoms with Gasteiger partial charge in [0.2, 0.25) is 5.91 Å². The Morgan fingerprint density at radius 2 is 2.40 bits per heavy atom. The zero-order chi connectivity index (χ0) is 13.7. The van der Waals surface area contributed by atoms with Crippen molar-refractivity contribution in [3.63, 3.8) is 0 Å². The normalized spacial score (nSPS) is 19.3. The Morgan fingerprint density at radius 3 is 3.05 bits per heavy atom. The summed E-state index contributed by atoms with van der Waals surface area (Å²) >= 11 is 0. The maximum Gasteiger partial charge on any atom is 0.237 e. The van der Waals surface area contributed by atoms with Crippen molar-refractivity contribution in [1.29, 1.82) is 0 Å². The smallest absolute Gasteiger partial charge is 0.237 e. The van der Waals surface area contributed by atoms with Gasteiger partial charge in [-0.2, -0.15) is 0 Å². The molecule has 1 amide bonds. The minimum Gasteiger partial charge on any atom is -0.354 e. The van der Waals surface area contributed by atoms with Crippen LogP contribution in [0.4, 0.5) is 5.82 Å². The number of carbonyl (C=O) groups excluding carboxylic acids is 1. The number of nitrogens with one attached hydrogen (secondary N) is 1. The highest BCUT2D eigenvalue weighted by atomic mass is 35.5. The van der Waals surface area contributed by atoms with E-state index >= 15 is 0 Å². The van der Waals surface area contributed by atoms with Crippen molar-refractivity contribution < 1.29 is 4.79 Å². The number of nitrogens with zero attached hydrogens (tertiary/aromatic N) is 2. The van der Waals surface area contributed by atoms with Gasteiger partial charge >= 0.3 is 0 Å². The highest BCUT2D eigenvalue weighted by molar-refractivity contribution is 5.85. The van der Waals surface area contributed by atoms with Crippen LogP contribution in [0.2, 0.25) is 0 Å². The average Bonchev–Trinajstić information content (AvgIpc) is 2.88. The average molecular weight is 299 g/mol. The standard InChI is InChI=1S/C14H22N4O.ClH/c1-2-5-12(15)14(19)17-11-7-9-18(10-11)13-6-3-4-8-16-13;/h3-4,6,8,11-12H,2,5,7,9-10,15H2,1H3,(H,17,19);1H. The van der Waals surface area contributed by atoms with E-state index < -0.39 is 0 Å². The van der Waals surface area contributed by atoms with Crippen LogP contribution < -0.4 is 16.0 Å². The Kier molecular flexibility index (Phi) is 6.75. The maximum absolute atomic E-state index is 11.9. The van der Waals surface area contributed by atoms with E-state index in [1.807, 2.05) is 25.1 Å². The lowest BCUT2D eigenvalue weighted by Crippen LogP contribution is -2.46. The van der Waals surface area contributed by atoms with Gasteiger partial charge in [-0.05, 0) is 25.0 Å². The summed E-state index contributed by atoms with van der Waals surface area (Å²) < 4.78 is 0. The number of anilines is 1. The summed E-state index contributed by atoms with van der Waals surface area (Å²) in [5, 5.41) is 3.03. The van der Waals surface area contributed by atoms with Crippen LogP contribution in [0.15, 0.2) is 24.4 Å². The molecule has 2 unspecified atom stereocenters. The summed E-state index contributed by atoms with van der Waals surface area (Å²) in [4.78, 5) is 18.4. The molecule has 2 heterocycles. The van der Waals surface area contributed by atoms with Crippen LogP contribution in [-0.4, -0.2) is 36.1 Å². The number of pyridine rings is 1. The maximum atomic E-state index is 11.9. The Hall–Kier alpha value is -1.33. The molecule has 6 heteroatoms. The molecule has 0 aromatic carbocycles. The molecule has 0 spiro atoms. The van der Waals surface area contributed by atoms with Crippen LogP contribution in [0.3, 0.4) is 0 Å². The molecule has 1 aliphatic rings. The molecule has 0 radical (unpaired) electrons. The molecule has 1 fully saturated rings. The van der Waals surface area contributed by atoms with Crippen molar-refractivity contribution in [2.75, 3.05) is 18.0 Å².